The summed E-state index contributed by atoms with van der Waals surface area (Å²) >= 11 is -1.11. The van der Waals surface area contributed by atoms with Crippen molar-refractivity contribution in [2.75, 3.05) is 77.9 Å². The van der Waals surface area contributed by atoms with Crippen molar-refractivity contribution in [3.05, 3.63) is 23.8 Å². The molecule has 0 spiro atoms. The second kappa shape index (κ2) is 41.2. The highest BCUT2D eigenvalue weighted by molar-refractivity contribution is 14.1. The number of aromatic nitrogens is 1. The van der Waals surface area contributed by atoms with Crippen molar-refractivity contribution in [2.45, 2.75) is 152 Å². The molecule has 550 valence electrons. The average molecular weight is 1530 g/mol. The molecule has 2 aliphatic heterocycles. The van der Waals surface area contributed by atoms with Crippen LogP contribution in [0.15, 0.2) is 23.2 Å². The number of aromatic amines is 1. The smallest absolute Gasteiger partial charge is 0.408 e. The van der Waals surface area contributed by atoms with Crippen LogP contribution >= 0.6 is 22.6 Å². The van der Waals surface area contributed by atoms with E-state index in [0.717, 1.165) is 0 Å². The number of ether oxygens (including phenoxy) is 2. The topological polar surface area (TPSA) is 568 Å². The largest absolute Gasteiger partial charge is 0.610 e. The summed E-state index contributed by atoms with van der Waals surface area (Å²) in [6.07, 6.45) is -1.99. The maximum atomic E-state index is 15.0. The number of fused-ring (bicyclic) bond motifs is 3. The minimum Gasteiger partial charge on any atom is -0.610 e. The van der Waals surface area contributed by atoms with Gasteiger partial charge in [-0.05, 0) is 58.1 Å². The maximum Gasteiger partial charge on any atom is 0.408 e. The second-order valence-corrected chi connectivity index (χ2v) is 27.0. The van der Waals surface area contributed by atoms with Gasteiger partial charge in [0.25, 0.3) is 0 Å². The molecule has 0 bridgehead atoms. The Morgan fingerprint density at radius 1 is 0.768 bits per heavy atom. The maximum absolute atomic E-state index is 15.0. The molecule has 11 atom stereocenters. The Hall–Kier alpha value is -8.51. The number of alkyl carbamates (subject to hydrolysis) is 1. The van der Waals surface area contributed by atoms with Gasteiger partial charge in [0.15, 0.2) is 6.04 Å². The van der Waals surface area contributed by atoms with Crippen LogP contribution in [-0.2, 0) is 89.5 Å². The van der Waals surface area contributed by atoms with Crippen LogP contribution in [0.3, 0.4) is 0 Å². The van der Waals surface area contributed by atoms with Gasteiger partial charge in [0, 0.05) is 76.2 Å². The first-order valence-electron chi connectivity index (χ1n) is 31.9. The SMILES string of the molecule is CC[C@H](C)[C@@H]1NC(=O)CNC(=O)[C@H](NC(=O)[C@@H](NC(=O)[C@@H]2C[C@@H](O)CN2)[C@@H](C)[C@@H](O)CO)Cc2c([nH]c3cc(OCCCCCCNC(=O)CNC(=O)CNC(=O)CNC(=O)CNC(=O)CNC(=O)OC(C)(C)C)ccc23)[S+]([O-])C[C@@H](C(=O)N[C@@H](CC(N)=O)C(=O)I)NC(=O)CNC1=O. The number of benzene rings is 1. The summed E-state index contributed by atoms with van der Waals surface area (Å²) in [5, 5.41) is 65.2. The molecule has 1 aromatic heterocycles. The fourth-order valence-corrected chi connectivity index (χ4v) is 11.5. The number of carbonyl (C=O) groups excluding carboxylic acids is 15. The molecular formula is C60H91IN16O21S. The zero-order valence-electron chi connectivity index (χ0n) is 55.7. The van der Waals surface area contributed by atoms with Crippen LogP contribution in [-0.4, -0.2) is 243 Å². The lowest BCUT2D eigenvalue weighted by molar-refractivity contribution is -0.135. The molecule has 1 unspecified atom stereocenters. The fourth-order valence-electron chi connectivity index (χ4n) is 9.68. The van der Waals surface area contributed by atoms with Crippen molar-refractivity contribution in [3.63, 3.8) is 0 Å². The zero-order valence-corrected chi connectivity index (χ0v) is 58.7. The predicted octanol–water partition coefficient (Wildman–Crippen LogP) is -6.87. The number of primary amides is 1. The lowest BCUT2D eigenvalue weighted by Gasteiger charge is -2.30. The summed E-state index contributed by atoms with van der Waals surface area (Å²) in [7, 11) is 0. The van der Waals surface area contributed by atoms with Gasteiger partial charge in [-0.15, -0.1) is 0 Å². The van der Waals surface area contributed by atoms with Gasteiger partial charge in [-0.25, -0.2) is 4.79 Å². The number of aliphatic hydroxyl groups excluding tert-OH is 3. The van der Waals surface area contributed by atoms with Gasteiger partial charge in [-0.3, -0.25) is 67.1 Å². The molecule has 2 aromatic rings. The van der Waals surface area contributed by atoms with E-state index in [1.807, 2.05) is 0 Å². The Bertz CT molecular complexity index is 3230. The van der Waals surface area contributed by atoms with Crippen molar-refractivity contribution in [1.82, 2.24) is 79.4 Å². The number of rotatable bonds is 32. The number of nitrogens with one attached hydrogen (secondary N) is 15. The van der Waals surface area contributed by atoms with Crippen molar-refractivity contribution < 1.29 is 101 Å². The summed E-state index contributed by atoms with van der Waals surface area (Å²) in [5.74, 6) is -13.4. The normalized spacial score (nSPS) is 20.0. The summed E-state index contributed by atoms with van der Waals surface area (Å²) in [6.45, 7) is 5.25. The van der Waals surface area contributed by atoms with Gasteiger partial charge < -0.3 is 114 Å². The van der Waals surface area contributed by atoms with Crippen LogP contribution in [0.2, 0.25) is 0 Å². The predicted molar refractivity (Wildman–Crippen MR) is 359 cm³/mol. The van der Waals surface area contributed by atoms with Gasteiger partial charge in [0.2, 0.25) is 85.6 Å². The molecule has 2 aliphatic rings. The number of carbonyl (C=O) groups is 15. The molecule has 4 rings (SSSR count). The van der Waals surface area contributed by atoms with Crippen molar-refractivity contribution in [1.29, 1.82) is 0 Å². The number of hydrogen-bond acceptors (Lipinski definition) is 22. The van der Waals surface area contributed by atoms with E-state index < -0.39 is 235 Å². The molecule has 99 heavy (non-hydrogen) atoms. The summed E-state index contributed by atoms with van der Waals surface area (Å²) in [6, 6.07) is -4.39. The van der Waals surface area contributed by atoms with Crippen LogP contribution < -0.4 is 84.9 Å². The standard InChI is InChI=1S/C60H91IN16O21S/c1-7-30(2)50-56(93)70-26-48(87)72-40(55(92)73-37(52(61)89)19-42(62)81)29-99(96)58-35(18-39(53(90)69-27-49(88)76-50)74-57(94)51(31(3)41(80)28-78)77-54(91)38-16-32(79)20-64-38)34-13-12-33(17-36(34)75-58)97-15-11-9-8-10-14-63-43(82)21-65-44(83)22-66-45(84)23-67-46(85)24-68-47(86)25-71-59(95)98-60(4,5)6/h12-13,17,30-32,37-41,50-51,64,75,78-80H,7-11,14-16,18-29H2,1-6H3,(H2,62,81)(H,63,82)(H,65,83)(H,66,84)(H,67,85)(H,68,86)(H,69,90)(H,70,93)(H,71,95)(H,72,87)(H,73,92)(H,74,94)(H,76,88)(H,77,91)/t30-,31-,32+,37-,38-,39+,40-,41-,50-,51-,99?/m0/s1. The van der Waals surface area contributed by atoms with E-state index in [1.54, 1.807) is 46.8 Å². The van der Waals surface area contributed by atoms with Gasteiger partial charge in [0.1, 0.15) is 47.8 Å². The Labute approximate surface area is 586 Å². The van der Waals surface area contributed by atoms with Crippen LogP contribution in [0, 0.1) is 11.8 Å². The molecule has 0 saturated carbocycles. The number of unbranched alkanes of at least 4 members (excludes halogenated alkanes) is 3. The molecule has 1 fully saturated rings. The molecule has 20 N–H and O–H groups in total. The highest BCUT2D eigenvalue weighted by Crippen LogP contribution is 2.32. The molecule has 14 amide bonds. The Balaban J connectivity index is 1.50. The quantitative estimate of drug-likeness (QED) is 0.0140. The van der Waals surface area contributed by atoms with Gasteiger partial charge in [0.05, 0.1) is 82.7 Å². The number of amides is 14. The molecule has 0 radical (unpaired) electrons. The van der Waals surface area contributed by atoms with E-state index in [2.05, 4.69) is 79.4 Å². The average Bonchev–Trinajstić information content (AvgIpc) is 1.64. The van der Waals surface area contributed by atoms with E-state index in [-0.39, 0.29) is 53.4 Å². The van der Waals surface area contributed by atoms with Gasteiger partial charge in [-0.1, -0.05) is 40.0 Å². The highest BCUT2D eigenvalue weighted by atomic mass is 127. The molecule has 37 nitrogen and oxygen atoms in total. The molecule has 0 aliphatic carbocycles. The third kappa shape index (κ3) is 29.5. The Kier molecular flexibility index (Phi) is 34.5. The van der Waals surface area contributed by atoms with E-state index >= 15 is 4.55 Å². The lowest BCUT2D eigenvalue weighted by atomic mass is 9.94. The van der Waals surface area contributed by atoms with Gasteiger partial charge >= 0.3 is 6.09 Å². The van der Waals surface area contributed by atoms with E-state index in [0.29, 0.717) is 32.1 Å². The van der Waals surface area contributed by atoms with E-state index in [4.69, 9.17) is 15.2 Å². The molecular weight excluding hydrogens is 1440 g/mol. The number of aliphatic hydroxyl groups is 3. The lowest BCUT2D eigenvalue weighted by Crippen LogP contribution is -2.60. The summed E-state index contributed by atoms with van der Waals surface area (Å²) < 4.78 is 25.4. The van der Waals surface area contributed by atoms with Gasteiger partial charge in [-0.2, -0.15) is 0 Å². The minimum atomic E-state index is -2.45. The van der Waals surface area contributed by atoms with Crippen molar-refractivity contribution in [2.24, 2.45) is 17.6 Å². The number of hydrogen-bond donors (Lipinski definition) is 19. The van der Waals surface area contributed by atoms with E-state index in [1.165, 1.54) is 35.6 Å². The van der Waals surface area contributed by atoms with Crippen molar-refractivity contribution in [3.8, 4) is 5.75 Å². The first-order valence-corrected chi connectivity index (χ1v) is 34.3. The summed E-state index contributed by atoms with van der Waals surface area (Å²) in [5.41, 5.74) is 4.87. The molecule has 3 heterocycles. The number of halogens is 1. The molecule has 39 heteroatoms. The van der Waals surface area contributed by atoms with E-state index in [9.17, 15) is 87.2 Å². The Morgan fingerprint density at radius 2 is 1.33 bits per heavy atom. The van der Waals surface area contributed by atoms with Crippen LogP contribution in [0.25, 0.3) is 10.9 Å². The number of β-amino-alcohol motifs (C(OH)–C–C–N with tert-alkyl or cyclic N) is 1. The Morgan fingerprint density at radius 3 is 1.89 bits per heavy atom. The third-order valence-electron chi connectivity index (χ3n) is 15.3. The summed E-state index contributed by atoms with van der Waals surface area (Å²) in [4.78, 5) is 198. The number of H-pyrrole nitrogens is 1. The van der Waals surface area contributed by atoms with Crippen LogP contribution in [0.1, 0.15) is 92.1 Å². The second-order valence-electron chi connectivity index (χ2n) is 24.5. The first kappa shape index (κ1) is 82.9. The fraction of sp³-hybridized carbons (Fsp3) is 0.617. The zero-order chi connectivity index (χ0) is 73.7. The monoisotopic (exact) mass is 1530 g/mol. The molecule has 1 saturated heterocycles. The highest BCUT2D eigenvalue weighted by Gasteiger charge is 2.40. The first-order chi connectivity index (χ1) is 46.7. The van der Waals surface area contributed by atoms with Crippen molar-refractivity contribution >= 4 is 131 Å². The molecule has 1 aromatic carbocycles. The minimum absolute atomic E-state index is 0.0394. The third-order valence-corrected chi connectivity index (χ3v) is 17.5. The van der Waals surface area contributed by atoms with Crippen LogP contribution in [0.4, 0.5) is 4.79 Å². The van der Waals surface area contributed by atoms with Crippen LogP contribution in [0.5, 0.6) is 5.75 Å². The number of nitrogens with two attached hydrogens (primary N) is 1.